The normalized spacial score (nSPS) is 11.5. The Bertz CT molecular complexity index is 1610. The minimum atomic E-state index is -0.680. The first-order valence-electron chi connectivity index (χ1n) is 11.3. The highest BCUT2D eigenvalue weighted by Crippen LogP contribution is 2.43. The number of nitrogens with one attached hydrogen (secondary N) is 2. The minimum Gasteiger partial charge on any atom is -0.502 e. The van der Waals surface area contributed by atoms with Gasteiger partial charge in [0.05, 0.1) is 11.1 Å². The van der Waals surface area contributed by atoms with Gasteiger partial charge in [-0.3, -0.25) is 19.2 Å². The zero-order valence-electron chi connectivity index (χ0n) is 19.9. The third kappa shape index (κ3) is 3.94. The number of carbonyl (C=O) groups excluding carboxylic acids is 2. The van der Waals surface area contributed by atoms with Crippen LogP contribution < -0.4 is 21.8 Å². The maximum absolute atomic E-state index is 12.9. The van der Waals surface area contributed by atoms with Gasteiger partial charge in [-0.1, -0.05) is 24.3 Å². The van der Waals surface area contributed by atoms with Crippen molar-refractivity contribution >= 4 is 23.2 Å². The monoisotopic (exact) mass is 498 g/mol. The lowest BCUT2D eigenvalue weighted by molar-refractivity contribution is 0.101. The summed E-state index contributed by atoms with van der Waals surface area (Å²) in [4.78, 5) is 49.9. The summed E-state index contributed by atoms with van der Waals surface area (Å²) in [7, 11) is 2.94. The molecular weight excluding hydrogens is 476 g/mol. The van der Waals surface area contributed by atoms with E-state index >= 15 is 0 Å². The highest BCUT2D eigenvalue weighted by atomic mass is 16.3. The summed E-state index contributed by atoms with van der Waals surface area (Å²) < 4.78 is 2.34. The Morgan fingerprint density at radius 3 is 1.51 bits per heavy atom. The first-order valence-corrected chi connectivity index (χ1v) is 11.3. The number of amides is 2. The molecule has 0 unspecified atom stereocenters. The van der Waals surface area contributed by atoms with E-state index in [-0.39, 0.29) is 11.1 Å². The average molecular weight is 498 g/mol. The Labute approximate surface area is 210 Å². The van der Waals surface area contributed by atoms with Crippen LogP contribution in [0.4, 0.5) is 11.4 Å². The molecule has 1 aliphatic carbocycles. The van der Waals surface area contributed by atoms with E-state index in [9.17, 15) is 29.4 Å². The Hall–Kier alpha value is -5.12. The highest BCUT2D eigenvalue weighted by Gasteiger charge is 2.26. The van der Waals surface area contributed by atoms with Crippen LogP contribution in [0.5, 0.6) is 11.5 Å². The summed E-state index contributed by atoms with van der Waals surface area (Å²) in [6.45, 7) is 0. The van der Waals surface area contributed by atoms with E-state index in [1.54, 1.807) is 24.3 Å². The molecule has 2 aromatic heterocycles. The molecule has 0 saturated heterocycles. The quantitative estimate of drug-likeness (QED) is 0.300. The zero-order chi connectivity index (χ0) is 26.4. The summed E-state index contributed by atoms with van der Waals surface area (Å²) in [5.41, 5.74) is 2.67. The van der Waals surface area contributed by atoms with Crippen LogP contribution in [0.2, 0.25) is 0 Å². The van der Waals surface area contributed by atoms with Crippen LogP contribution in [-0.2, 0) is 20.5 Å². The first-order chi connectivity index (χ1) is 17.7. The molecule has 186 valence electrons. The molecule has 4 N–H and O–H groups in total. The van der Waals surface area contributed by atoms with Crippen molar-refractivity contribution in [3.63, 3.8) is 0 Å². The Morgan fingerprint density at radius 1 is 0.703 bits per heavy atom. The van der Waals surface area contributed by atoms with E-state index in [0.29, 0.717) is 17.8 Å². The number of anilines is 2. The number of hydrogen-bond acceptors (Lipinski definition) is 6. The second-order valence-electron chi connectivity index (χ2n) is 8.74. The summed E-state index contributed by atoms with van der Waals surface area (Å²) >= 11 is 0. The van der Waals surface area contributed by atoms with Crippen molar-refractivity contribution in [1.82, 2.24) is 9.13 Å². The molecule has 2 aromatic carbocycles. The van der Waals surface area contributed by atoms with E-state index in [0.717, 1.165) is 22.3 Å². The van der Waals surface area contributed by atoms with Gasteiger partial charge in [-0.25, -0.2) is 0 Å². The molecule has 37 heavy (non-hydrogen) atoms. The molecule has 0 radical (unpaired) electrons. The number of hydrogen-bond donors (Lipinski definition) is 4. The number of pyridine rings is 2. The summed E-state index contributed by atoms with van der Waals surface area (Å²) in [6.07, 6.45) is 3.18. The number of rotatable bonds is 4. The third-order valence-corrected chi connectivity index (χ3v) is 6.47. The summed E-state index contributed by atoms with van der Waals surface area (Å²) in [5.74, 6) is -2.53. The van der Waals surface area contributed by atoms with E-state index < -0.39 is 34.4 Å². The fraction of sp³-hybridized carbons (Fsp3) is 0.111. The van der Waals surface area contributed by atoms with Crippen molar-refractivity contribution in [2.45, 2.75) is 6.42 Å². The molecule has 0 saturated carbocycles. The molecule has 2 heterocycles. The maximum atomic E-state index is 12.9. The third-order valence-electron chi connectivity index (χ3n) is 6.47. The van der Waals surface area contributed by atoms with Gasteiger partial charge in [-0.15, -0.1) is 0 Å². The molecule has 2 amide bonds. The van der Waals surface area contributed by atoms with Gasteiger partial charge in [0.25, 0.3) is 22.9 Å². The lowest BCUT2D eigenvalue weighted by Crippen LogP contribution is -2.21. The molecule has 0 aliphatic heterocycles. The molecule has 5 rings (SSSR count). The molecule has 0 bridgehead atoms. The molecular formula is C27H22N4O6. The van der Waals surface area contributed by atoms with Crippen LogP contribution in [0.15, 0.2) is 70.5 Å². The number of aromatic nitrogens is 2. The number of nitrogens with zero attached hydrogens (tertiary/aromatic N) is 2. The Balaban J connectivity index is 1.45. The van der Waals surface area contributed by atoms with Crippen LogP contribution >= 0.6 is 0 Å². The number of fused-ring (bicyclic) bond motifs is 3. The molecule has 10 heteroatoms. The Kier molecular flexibility index (Phi) is 5.63. The topological polar surface area (TPSA) is 143 Å². The van der Waals surface area contributed by atoms with Crippen molar-refractivity contribution < 1.29 is 19.8 Å². The van der Waals surface area contributed by atoms with E-state index in [1.807, 2.05) is 12.1 Å². The van der Waals surface area contributed by atoms with Crippen LogP contribution in [0.3, 0.4) is 0 Å². The standard InChI is InChI=1S/C27H22N4O6/c1-30-11-9-16(22(32)26(30)36)24(34)28-20-7-3-5-14-15-6-4-8-21(19(15)13-18(14)20)29-25(35)17-10-12-31(2)27(37)23(17)33/h3-12,32-33H,13H2,1-2H3,(H,28,34)(H,29,35). The lowest BCUT2D eigenvalue weighted by Gasteiger charge is -2.12. The van der Waals surface area contributed by atoms with Crippen molar-refractivity contribution in [3.05, 3.63) is 104 Å². The lowest BCUT2D eigenvalue weighted by atomic mass is 10.0. The average Bonchev–Trinajstić information content (AvgIpc) is 3.27. The van der Waals surface area contributed by atoms with Crippen molar-refractivity contribution in [1.29, 1.82) is 0 Å². The second kappa shape index (κ2) is 8.83. The number of benzene rings is 2. The van der Waals surface area contributed by atoms with Gasteiger partial charge in [0.1, 0.15) is 0 Å². The molecule has 0 atom stereocenters. The van der Waals surface area contributed by atoms with Crippen molar-refractivity contribution in [2.75, 3.05) is 10.6 Å². The van der Waals surface area contributed by atoms with E-state index in [1.165, 1.54) is 47.8 Å². The number of aromatic hydroxyl groups is 2. The summed E-state index contributed by atoms with van der Waals surface area (Å²) in [5, 5.41) is 25.9. The van der Waals surface area contributed by atoms with Gasteiger partial charge in [0.15, 0.2) is 11.5 Å². The number of aryl methyl sites for hydroxylation is 2. The van der Waals surface area contributed by atoms with Gasteiger partial charge >= 0.3 is 0 Å². The van der Waals surface area contributed by atoms with Gasteiger partial charge < -0.3 is 30.0 Å². The maximum Gasteiger partial charge on any atom is 0.293 e. The molecule has 1 aliphatic rings. The van der Waals surface area contributed by atoms with Gasteiger partial charge in [0.2, 0.25) is 0 Å². The fourth-order valence-corrected chi connectivity index (χ4v) is 4.45. The van der Waals surface area contributed by atoms with Crippen LogP contribution in [-0.4, -0.2) is 31.2 Å². The highest BCUT2D eigenvalue weighted by molar-refractivity contribution is 6.08. The SMILES string of the molecule is Cn1ccc(C(=O)Nc2cccc3c2Cc2c(NC(=O)c4ccn(C)c(=O)c4O)cccc2-3)c(O)c1=O. The van der Waals surface area contributed by atoms with E-state index in [4.69, 9.17) is 0 Å². The fourth-order valence-electron chi connectivity index (χ4n) is 4.45. The second-order valence-corrected chi connectivity index (χ2v) is 8.74. The first kappa shape index (κ1) is 23.6. The molecule has 4 aromatic rings. The Morgan fingerprint density at radius 2 is 1.11 bits per heavy atom. The molecule has 10 nitrogen and oxygen atoms in total. The van der Waals surface area contributed by atoms with Crippen molar-refractivity contribution in [2.24, 2.45) is 14.1 Å². The van der Waals surface area contributed by atoms with Crippen LogP contribution in [0.1, 0.15) is 31.8 Å². The molecule has 0 fully saturated rings. The van der Waals surface area contributed by atoms with Gasteiger partial charge in [-0.05, 0) is 46.5 Å². The van der Waals surface area contributed by atoms with Crippen LogP contribution in [0, 0.1) is 0 Å². The number of carbonyl (C=O) groups is 2. The van der Waals surface area contributed by atoms with Crippen LogP contribution in [0.25, 0.3) is 11.1 Å². The van der Waals surface area contributed by atoms with Gasteiger partial charge in [-0.2, -0.15) is 0 Å². The minimum absolute atomic E-state index is 0.141. The molecule has 0 spiro atoms. The predicted octanol–water partition coefficient (Wildman–Crippen LogP) is 2.57. The van der Waals surface area contributed by atoms with Crippen molar-refractivity contribution in [3.8, 4) is 22.6 Å². The smallest absolute Gasteiger partial charge is 0.293 e. The van der Waals surface area contributed by atoms with E-state index in [2.05, 4.69) is 10.6 Å². The summed E-state index contributed by atoms with van der Waals surface area (Å²) in [6, 6.07) is 13.5. The predicted molar refractivity (Wildman–Crippen MR) is 137 cm³/mol. The van der Waals surface area contributed by atoms with Gasteiger partial charge in [0, 0.05) is 44.3 Å². The largest absolute Gasteiger partial charge is 0.502 e. The zero-order valence-corrected chi connectivity index (χ0v) is 19.9.